The Hall–Kier alpha value is -1.84. The minimum absolute atomic E-state index is 0.182. The van der Waals surface area contributed by atoms with E-state index in [2.05, 4.69) is 25.8 Å². The Kier molecular flexibility index (Phi) is 4.08. The summed E-state index contributed by atoms with van der Waals surface area (Å²) in [5.74, 6) is 0. The van der Waals surface area contributed by atoms with E-state index in [1.807, 2.05) is 24.3 Å². The first-order chi connectivity index (χ1) is 9.65. The second-order valence-electron chi connectivity index (χ2n) is 6.36. The van der Waals surface area contributed by atoms with Gasteiger partial charge < -0.3 is 0 Å². The van der Waals surface area contributed by atoms with Crippen LogP contribution in [-0.2, 0) is 12.6 Å². The molecule has 0 unspecified atom stereocenters. The molecular formula is C17H18F3N. The van der Waals surface area contributed by atoms with Crippen LogP contribution in [-0.4, -0.2) is 4.98 Å². The number of hydrogen-bond donors (Lipinski definition) is 0. The van der Waals surface area contributed by atoms with E-state index < -0.39 is 11.9 Å². The fourth-order valence-corrected chi connectivity index (χ4v) is 2.19. The number of aromatic nitrogens is 1. The summed E-state index contributed by atoms with van der Waals surface area (Å²) in [5, 5.41) is 0. The molecule has 0 spiro atoms. The molecule has 0 N–H and O–H groups in total. The summed E-state index contributed by atoms with van der Waals surface area (Å²) in [7, 11) is 0. The van der Waals surface area contributed by atoms with Crippen molar-refractivity contribution in [2.75, 3.05) is 0 Å². The summed E-state index contributed by atoms with van der Waals surface area (Å²) >= 11 is 0. The van der Waals surface area contributed by atoms with Crippen LogP contribution in [0.1, 0.15) is 32.0 Å². The Morgan fingerprint density at radius 3 is 2.05 bits per heavy atom. The van der Waals surface area contributed by atoms with Crippen molar-refractivity contribution < 1.29 is 13.2 Å². The van der Waals surface area contributed by atoms with Crippen LogP contribution in [0.2, 0.25) is 0 Å². The van der Waals surface area contributed by atoms with Crippen molar-refractivity contribution in [3.8, 4) is 11.1 Å². The molecule has 0 aliphatic rings. The standard InChI is InChI=1S/C17H18F3N/c1-16(2,3)11-12-4-6-13(7-5-12)14-8-9-21-15(10-14)17(18,19)20/h4-10H,11H2,1-3H3. The number of pyridine rings is 1. The van der Waals surface area contributed by atoms with Crippen molar-refractivity contribution in [1.82, 2.24) is 4.98 Å². The second kappa shape index (κ2) is 5.51. The Morgan fingerprint density at radius 2 is 1.52 bits per heavy atom. The van der Waals surface area contributed by atoms with E-state index in [1.54, 1.807) is 6.07 Å². The molecule has 2 rings (SSSR count). The van der Waals surface area contributed by atoms with Crippen LogP contribution in [0.5, 0.6) is 0 Å². The van der Waals surface area contributed by atoms with Crippen LogP contribution in [0.25, 0.3) is 11.1 Å². The van der Waals surface area contributed by atoms with Gasteiger partial charge in [0.05, 0.1) is 0 Å². The number of benzene rings is 1. The number of alkyl halides is 3. The third kappa shape index (κ3) is 4.31. The van der Waals surface area contributed by atoms with E-state index in [4.69, 9.17) is 0 Å². The Morgan fingerprint density at radius 1 is 0.905 bits per heavy atom. The molecule has 0 bridgehead atoms. The molecule has 0 radical (unpaired) electrons. The van der Waals surface area contributed by atoms with Gasteiger partial charge in [-0.25, -0.2) is 0 Å². The quantitative estimate of drug-likeness (QED) is 0.726. The topological polar surface area (TPSA) is 12.9 Å². The minimum Gasteiger partial charge on any atom is -0.252 e. The summed E-state index contributed by atoms with van der Waals surface area (Å²) in [6.07, 6.45) is -2.29. The normalized spacial score (nSPS) is 12.5. The highest BCUT2D eigenvalue weighted by atomic mass is 19.4. The first kappa shape index (κ1) is 15.5. The largest absolute Gasteiger partial charge is 0.433 e. The third-order valence-electron chi connectivity index (χ3n) is 3.07. The molecule has 0 saturated heterocycles. The SMILES string of the molecule is CC(C)(C)Cc1ccc(-c2ccnc(C(F)(F)F)c2)cc1. The number of halogens is 3. The second-order valence-corrected chi connectivity index (χ2v) is 6.36. The Labute approximate surface area is 122 Å². The molecular weight excluding hydrogens is 275 g/mol. The van der Waals surface area contributed by atoms with Gasteiger partial charge in [0.25, 0.3) is 0 Å². The van der Waals surface area contributed by atoms with Gasteiger partial charge in [0, 0.05) is 6.20 Å². The Balaban J connectivity index is 2.27. The van der Waals surface area contributed by atoms with Gasteiger partial charge in [-0.15, -0.1) is 0 Å². The third-order valence-corrected chi connectivity index (χ3v) is 3.07. The lowest BCUT2D eigenvalue weighted by Crippen LogP contribution is -2.09. The molecule has 0 aliphatic heterocycles. The highest BCUT2D eigenvalue weighted by Crippen LogP contribution is 2.31. The van der Waals surface area contributed by atoms with Gasteiger partial charge in [-0.2, -0.15) is 13.2 Å². The molecule has 4 heteroatoms. The summed E-state index contributed by atoms with van der Waals surface area (Å²) in [5.41, 5.74) is 1.79. The maximum absolute atomic E-state index is 12.7. The highest BCUT2D eigenvalue weighted by Gasteiger charge is 2.32. The molecule has 1 aromatic heterocycles. The molecule has 1 heterocycles. The fraction of sp³-hybridized carbons (Fsp3) is 0.353. The molecule has 1 aromatic carbocycles. The number of rotatable bonds is 2. The van der Waals surface area contributed by atoms with Crippen LogP contribution >= 0.6 is 0 Å². The van der Waals surface area contributed by atoms with Gasteiger partial charge in [0.1, 0.15) is 5.69 Å². The predicted octanol–water partition coefficient (Wildman–Crippen LogP) is 5.36. The summed E-state index contributed by atoms with van der Waals surface area (Å²) in [4.78, 5) is 3.38. The molecule has 112 valence electrons. The van der Waals surface area contributed by atoms with E-state index in [-0.39, 0.29) is 5.41 Å². The van der Waals surface area contributed by atoms with Crippen LogP contribution in [0.4, 0.5) is 13.2 Å². The van der Waals surface area contributed by atoms with Gasteiger partial charge >= 0.3 is 6.18 Å². The van der Waals surface area contributed by atoms with Gasteiger partial charge in [-0.05, 0) is 40.7 Å². The first-order valence-corrected chi connectivity index (χ1v) is 6.78. The van der Waals surface area contributed by atoms with E-state index in [1.165, 1.54) is 11.8 Å². The molecule has 0 amide bonds. The fourth-order valence-electron chi connectivity index (χ4n) is 2.19. The Bertz CT molecular complexity index is 607. The van der Waals surface area contributed by atoms with Crippen molar-refractivity contribution >= 4 is 0 Å². The van der Waals surface area contributed by atoms with Crippen molar-refractivity contribution in [1.29, 1.82) is 0 Å². The van der Waals surface area contributed by atoms with E-state index >= 15 is 0 Å². The molecule has 1 nitrogen and oxygen atoms in total. The van der Waals surface area contributed by atoms with Crippen molar-refractivity contribution in [3.05, 3.63) is 53.9 Å². The maximum atomic E-state index is 12.7. The average molecular weight is 293 g/mol. The van der Waals surface area contributed by atoms with Crippen molar-refractivity contribution in [3.63, 3.8) is 0 Å². The molecule has 0 fully saturated rings. The van der Waals surface area contributed by atoms with Gasteiger partial charge in [0.15, 0.2) is 0 Å². The van der Waals surface area contributed by atoms with Gasteiger partial charge in [-0.1, -0.05) is 45.0 Å². The smallest absolute Gasteiger partial charge is 0.252 e. The zero-order valence-electron chi connectivity index (χ0n) is 12.3. The zero-order valence-corrected chi connectivity index (χ0v) is 12.3. The first-order valence-electron chi connectivity index (χ1n) is 6.78. The van der Waals surface area contributed by atoms with E-state index in [0.717, 1.165) is 18.1 Å². The lowest BCUT2D eigenvalue weighted by molar-refractivity contribution is -0.141. The predicted molar refractivity (Wildman–Crippen MR) is 77.8 cm³/mol. The number of nitrogens with zero attached hydrogens (tertiary/aromatic N) is 1. The van der Waals surface area contributed by atoms with Crippen molar-refractivity contribution in [2.24, 2.45) is 5.41 Å². The molecule has 0 aliphatic carbocycles. The van der Waals surface area contributed by atoms with Gasteiger partial charge in [-0.3, -0.25) is 4.98 Å². The molecule has 21 heavy (non-hydrogen) atoms. The highest BCUT2D eigenvalue weighted by molar-refractivity contribution is 5.63. The minimum atomic E-state index is -4.41. The lowest BCUT2D eigenvalue weighted by Gasteiger charge is -2.18. The summed E-state index contributed by atoms with van der Waals surface area (Å²) in [6.45, 7) is 6.46. The molecule has 0 atom stereocenters. The van der Waals surface area contributed by atoms with Gasteiger partial charge in [0.2, 0.25) is 0 Å². The zero-order chi connectivity index (χ0) is 15.7. The number of hydrogen-bond acceptors (Lipinski definition) is 1. The van der Waals surface area contributed by atoms with Crippen LogP contribution in [0, 0.1) is 5.41 Å². The average Bonchev–Trinajstić information content (AvgIpc) is 2.37. The van der Waals surface area contributed by atoms with Crippen molar-refractivity contribution in [2.45, 2.75) is 33.4 Å². The van der Waals surface area contributed by atoms with Crippen LogP contribution in [0.15, 0.2) is 42.6 Å². The van der Waals surface area contributed by atoms with Crippen LogP contribution < -0.4 is 0 Å². The summed E-state index contributed by atoms with van der Waals surface area (Å²) in [6, 6.07) is 10.3. The van der Waals surface area contributed by atoms with E-state index in [9.17, 15) is 13.2 Å². The van der Waals surface area contributed by atoms with Crippen LogP contribution in [0.3, 0.4) is 0 Å². The lowest BCUT2D eigenvalue weighted by atomic mass is 9.88. The van der Waals surface area contributed by atoms with E-state index in [0.29, 0.717) is 5.56 Å². The molecule has 0 saturated carbocycles. The summed E-state index contributed by atoms with van der Waals surface area (Å²) < 4.78 is 38.0. The maximum Gasteiger partial charge on any atom is 0.433 e. The molecule has 2 aromatic rings. The monoisotopic (exact) mass is 293 g/mol.